The lowest BCUT2D eigenvalue weighted by Crippen LogP contribution is -2.30. The van der Waals surface area contributed by atoms with Crippen LogP contribution in [0.15, 0.2) is 30.6 Å². The standard InChI is InChI=1S/C21H28N6O/c1-6-26(13-17-7-9-18(10-8-17)25(4)5)20(28)12-11-19-15(2)24-21-22-14-23-27(21)16(19)3/h7-10,14H,6,11-13H2,1-5H3. The Kier molecular flexibility index (Phi) is 5.92. The van der Waals surface area contributed by atoms with E-state index in [4.69, 9.17) is 0 Å². The first kappa shape index (κ1) is 19.8. The van der Waals surface area contributed by atoms with Crippen LogP contribution in [-0.4, -0.2) is 51.0 Å². The Morgan fingerprint density at radius 2 is 1.86 bits per heavy atom. The van der Waals surface area contributed by atoms with Gasteiger partial charge in [-0.25, -0.2) is 9.50 Å². The van der Waals surface area contributed by atoms with Crippen molar-refractivity contribution < 1.29 is 4.79 Å². The Bertz CT molecular complexity index is 961. The first-order chi connectivity index (χ1) is 13.4. The molecule has 148 valence electrons. The molecule has 0 bridgehead atoms. The summed E-state index contributed by atoms with van der Waals surface area (Å²) in [6.07, 6.45) is 2.60. The van der Waals surface area contributed by atoms with Crippen LogP contribution in [0.2, 0.25) is 0 Å². The molecule has 0 N–H and O–H groups in total. The largest absolute Gasteiger partial charge is 0.378 e. The number of rotatable bonds is 7. The van der Waals surface area contributed by atoms with Crippen LogP contribution in [0.3, 0.4) is 0 Å². The molecule has 3 aromatic rings. The molecule has 0 fully saturated rings. The Hall–Kier alpha value is -2.96. The van der Waals surface area contributed by atoms with E-state index in [9.17, 15) is 4.79 Å². The number of aromatic nitrogens is 4. The van der Waals surface area contributed by atoms with Gasteiger partial charge in [-0.2, -0.15) is 10.1 Å². The van der Waals surface area contributed by atoms with Crippen LogP contribution in [0.25, 0.3) is 5.78 Å². The van der Waals surface area contributed by atoms with Gasteiger partial charge in [0.1, 0.15) is 6.33 Å². The molecular formula is C21H28N6O. The third kappa shape index (κ3) is 4.13. The maximum atomic E-state index is 12.8. The van der Waals surface area contributed by atoms with Crippen LogP contribution >= 0.6 is 0 Å². The number of hydrogen-bond acceptors (Lipinski definition) is 5. The molecule has 3 rings (SSSR count). The Balaban J connectivity index is 1.67. The fourth-order valence-electron chi connectivity index (χ4n) is 3.40. The SMILES string of the molecule is CCN(Cc1ccc(N(C)C)cc1)C(=O)CCc1c(C)nc2ncnn2c1C. The molecule has 7 nitrogen and oxygen atoms in total. The number of carbonyl (C=O) groups excluding carboxylic acids is 1. The zero-order valence-electron chi connectivity index (χ0n) is 17.3. The van der Waals surface area contributed by atoms with Crippen molar-refractivity contribution >= 4 is 17.4 Å². The van der Waals surface area contributed by atoms with Crippen molar-refractivity contribution in [3.05, 3.63) is 53.1 Å². The molecular weight excluding hydrogens is 352 g/mol. The van der Waals surface area contributed by atoms with E-state index < -0.39 is 0 Å². The minimum absolute atomic E-state index is 0.150. The van der Waals surface area contributed by atoms with Crippen LogP contribution in [0, 0.1) is 13.8 Å². The minimum Gasteiger partial charge on any atom is -0.378 e. The summed E-state index contributed by atoms with van der Waals surface area (Å²) in [4.78, 5) is 25.4. The fraction of sp³-hybridized carbons (Fsp3) is 0.429. The highest BCUT2D eigenvalue weighted by Gasteiger charge is 2.16. The van der Waals surface area contributed by atoms with Crippen LogP contribution in [0.4, 0.5) is 5.69 Å². The van der Waals surface area contributed by atoms with E-state index in [1.54, 1.807) is 4.52 Å². The monoisotopic (exact) mass is 380 g/mol. The predicted molar refractivity (Wildman–Crippen MR) is 110 cm³/mol. The van der Waals surface area contributed by atoms with Gasteiger partial charge in [0.2, 0.25) is 5.91 Å². The second-order valence-corrected chi connectivity index (χ2v) is 7.20. The molecule has 0 saturated carbocycles. The molecule has 0 aliphatic rings. The lowest BCUT2D eigenvalue weighted by molar-refractivity contribution is -0.131. The second kappa shape index (κ2) is 8.37. The van der Waals surface area contributed by atoms with Gasteiger partial charge in [-0.05, 0) is 50.5 Å². The fourth-order valence-corrected chi connectivity index (χ4v) is 3.40. The molecule has 0 radical (unpaired) electrons. The molecule has 2 heterocycles. The summed E-state index contributed by atoms with van der Waals surface area (Å²) in [6, 6.07) is 8.34. The number of fused-ring (bicyclic) bond motifs is 1. The average molecular weight is 380 g/mol. The van der Waals surface area contributed by atoms with Crippen molar-refractivity contribution in [1.82, 2.24) is 24.5 Å². The summed E-state index contributed by atoms with van der Waals surface area (Å²) in [5.74, 6) is 0.748. The number of benzene rings is 1. The Morgan fingerprint density at radius 3 is 2.50 bits per heavy atom. The van der Waals surface area contributed by atoms with Gasteiger partial charge in [-0.3, -0.25) is 4.79 Å². The van der Waals surface area contributed by atoms with Gasteiger partial charge in [-0.1, -0.05) is 12.1 Å². The van der Waals surface area contributed by atoms with Crippen LogP contribution < -0.4 is 4.90 Å². The quantitative estimate of drug-likeness (QED) is 0.631. The summed E-state index contributed by atoms with van der Waals surface area (Å²) in [5, 5.41) is 4.22. The molecule has 1 amide bonds. The Labute approximate surface area is 166 Å². The summed E-state index contributed by atoms with van der Waals surface area (Å²) < 4.78 is 1.73. The van der Waals surface area contributed by atoms with Gasteiger partial charge < -0.3 is 9.80 Å². The molecule has 7 heteroatoms. The number of anilines is 1. The molecule has 0 aliphatic carbocycles. The van der Waals surface area contributed by atoms with Crippen molar-refractivity contribution in [3.63, 3.8) is 0 Å². The van der Waals surface area contributed by atoms with E-state index in [2.05, 4.69) is 44.2 Å². The van der Waals surface area contributed by atoms with E-state index in [0.29, 0.717) is 31.7 Å². The van der Waals surface area contributed by atoms with Crippen LogP contribution in [0.1, 0.15) is 35.9 Å². The average Bonchev–Trinajstić information content (AvgIpc) is 3.14. The van der Waals surface area contributed by atoms with E-state index in [1.807, 2.05) is 39.8 Å². The van der Waals surface area contributed by atoms with Crippen LogP contribution in [0.5, 0.6) is 0 Å². The van der Waals surface area contributed by atoms with E-state index in [1.165, 1.54) is 6.33 Å². The molecule has 0 unspecified atom stereocenters. The first-order valence-electron chi connectivity index (χ1n) is 9.60. The third-order valence-corrected chi connectivity index (χ3v) is 5.14. The predicted octanol–water partition coefficient (Wildman–Crippen LogP) is 2.79. The maximum absolute atomic E-state index is 12.8. The smallest absolute Gasteiger partial charge is 0.252 e. The molecule has 1 aromatic carbocycles. The zero-order chi connectivity index (χ0) is 20.3. The number of aryl methyl sites for hydroxylation is 2. The second-order valence-electron chi connectivity index (χ2n) is 7.20. The normalized spacial score (nSPS) is 11.0. The van der Waals surface area contributed by atoms with Crippen molar-refractivity contribution in [1.29, 1.82) is 0 Å². The highest BCUT2D eigenvalue weighted by molar-refractivity contribution is 5.76. The summed E-state index contributed by atoms with van der Waals surface area (Å²) >= 11 is 0. The van der Waals surface area contributed by atoms with Gasteiger partial charge in [0.25, 0.3) is 5.78 Å². The van der Waals surface area contributed by atoms with Crippen molar-refractivity contribution in [2.24, 2.45) is 0 Å². The lowest BCUT2D eigenvalue weighted by atomic mass is 10.1. The highest BCUT2D eigenvalue weighted by Crippen LogP contribution is 2.17. The van der Waals surface area contributed by atoms with Gasteiger partial charge in [-0.15, -0.1) is 0 Å². The summed E-state index contributed by atoms with van der Waals surface area (Å²) in [7, 11) is 4.04. The van der Waals surface area contributed by atoms with E-state index in [-0.39, 0.29) is 5.91 Å². The highest BCUT2D eigenvalue weighted by atomic mass is 16.2. The lowest BCUT2D eigenvalue weighted by Gasteiger charge is -2.22. The van der Waals surface area contributed by atoms with E-state index in [0.717, 1.165) is 28.2 Å². The number of carbonyl (C=O) groups is 1. The maximum Gasteiger partial charge on any atom is 0.252 e. The topological polar surface area (TPSA) is 66.6 Å². The third-order valence-electron chi connectivity index (χ3n) is 5.14. The minimum atomic E-state index is 0.150. The number of amides is 1. The number of nitrogens with zero attached hydrogens (tertiary/aromatic N) is 6. The molecule has 28 heavy (non-hydrogen) atoms. The number of hydrogen-bond donors (Lipinski definition) is 0. The van der Waals surface area contributed by atoms with Gasteiger partial charge >= 0.3 is 0 Å². The first-order valence-corrected chi connectivity index (χ1v) is 9.60. The van der Waals surface area contributed by atoms with E-state index >= 15 is 0 Å². The summed E-state index contributed by atoms with van der Waals surface area (Å²) in [5.41, 5.74) is 5.26. The zero-order valence-corrected chi connectivity index (χ0v) is 17.3. The van der Waals surface area contributed by atoms with Gasteiger partial charge in [0.15, 0.2) is 0 Å². The van der Waals surface area contributed by atoms with Gasteiger partial charge in [0.05, 0.1) is 0 Å². The Morgan fingerprint density at radius 1 is 1.14 bits per heavy atom. The molecule has 0 spiro atoms. The molecule has 0 aliphatic heterocycles. The molecule has 0 atom stereocenters. The van der Waals surface area contributed by atoms with Gasteiger partial charge in [0, 0.05) is 50.7 Å². The molecule has 2 aromatic heterocycles. The van der Waals surface area contributed by atoms with Crippen LogP contribution in [-0.2, 0) is 17.8 Å². The summed E-state index contributed by atoms with van der Waals surface area (Å²) in [6.45, 7) is 7.30. The van der Waals surface area contributed by atoms with Crippen molar-refractivity contribution in [2.75, 3.05) is 25.5 Å². The molecule has 0 saturated heterocycles. The van der Waals surface area contributed by atoms with Crippen molar-refractivity contribution in [3.8, 4) is 0 Å². The van der Waals surface area contributed by atoms with Crippen molar-refractivity contribution in [2.45, 2.75) is 40.2 Å².